The summed E-state index contributed by atoms with van der Waals surface area (Å²) in [4.78, 5) is 4.84. The van der Waals surface area contributed by atoms with E-state index in [-0.39, 0.29) is 0 Å². The Kier molecular flexibility index (Phi) is 4.25. The van der Waals surface area contributed by atoms with Crippen molar-refractivity contribution >= 4 is 33.7 Å². The molecule has 0 N–H and O–H groups in total. The van der Waals surface area contributed by atoms with Crippen LogP contribution in [0.4, 0.5) is 0 Å². The van der Waals surface area contributed by atoms with Gasteiger partial charge in [0, 0.05) is 15.1 Å². The monoisotopic (exact) mass is 261 g/mol. The first-order valence-electron chi connectivity index (χ1n) is 3.84. The summed E-state index contributed by atoms with van der Waals surface area (Å²) in [6.07, 6.45) is 1.64. The van der Waals surface area contributed by atoms with E-state index in [1.54, 1.807) is 12.3 Å². The van der Waals surface area contributed by atoms with Crippen LogP contribution in [-0.2, 0) is 4.84 Å². The molecule has 0 aliphatic carbocycles. The lowest BCUT2D eigenvalue weighted by Gasteiger charge is -1.97. The molecule has 0 unspecified atom stereocenters. The smallest absolute Gasteiger partial charge is 0.114 e. The highest BCUT2D eigenvalue weighted by Gasteiger charge is 1.96. The third-order valence-electron chi connectivity index (χ3n) is 1.36. The summed E-state index contributed by atoms with van der Waals surface area (Å²) >= 11 is 9.14. The molecular weight excluding hydrogens is 253 g/mol. The number of rotatable bonds is 3. The van der Waals surface area contributed by atoms with E-state index in [1.807, 2.05) is 19.1 Å². The predicted octanol–water partition coefficient (Wildman–Crippen LogP) is 3.47. The van der Waals surface area contributed by atoms with Crippen LogP contribution in [0.25, 0.3) is 0 Å². The summed E-state index contributed by atoms with van der Waals surface area (Å²) in [6.45, 7) is 2.45. The van der Waals surface area contributed by atoms with Gasteiger partial charge in [0.1, 0.15) is 6.61 Å². The molecule has 1 aromatic rings. The average molecular weight is 263 g/mol. The minimum atomic E-state index is 0.571. The fourth-order valence-corrected chi connectivity index (χ4v) is 1.56. The fourth-order valence-electron chi connectivity index (χ4n) is 0.775. The molecular formula is C9H9BrClNO. The Labute approximate surface area is 90.7 Å². The summed E-state index contributed by atoms with van der Waals surface area (Å²) in [5.74, 6) is 0. The van der Waals surface area contributed by atoms with Gasteiger partial charge in [-0.2, -0.15) is 0 Å². The molecule has 4 heteroatoms. The summed E-state index contributed by atoms with van der Waals surface area (Å²) in [6, 6.07) is 5.49. The molecule has 0 radical (unpaired) electrons. The van der Waals surface area contributed by atoms with E-state index in [0.29, 0.717) is 11.6 Å². The Hall–Kier alpha value is -0.540. The largest absolute Gasteiger partial charge is 0.396 e. The molecule has 0 heterocycles. The molecule has 0 spiro atoms. The van der Waals surface area contributed by atoms with Crippen molar-refractivity contribution in [2.75, 3.05) is 6.61 Å². The Morgan fingerprint density at radius 1 is 1.62 bits per heavy atom. The Morgan fingerprint density at radius 3 is 3.00 bits per heavy atom. The molecule has 13 heavy (non-hydrogen) atoms. The highest BCUT2D eigenvalue weighted by Crippen LogP contribution is 2.19. The average Bonchev–Trinajstić information content (AvgIpc) is 2.09. The summed E-state index contributed by atoms with van der Waals surface area (Å²) in [5, 5.41) is 4.45. The second-order valence-corrected chi connectivity index (χ2v) is 3.61. The van der Waals surface area contributed by atoms with Crippen LogP contribution in [0.2, 0.25) is 5.02 Å². The quantitative estimate of drug-likeness (QED) is 0.604. The molecule has 0 fully saturated rings. The highest BCUT2D eigenvalue weighted by molar-refractivity contribution is 9.10. The van der Waals surface area contributed by atoms with Crippen LogP contribution in [0, 0.1) is 0 Å². The van der Waals surface area contributed by atoms with Gasteiger partial charge >= 0.3 is 0 Å². The fraction of sp³-hybridized carbons (Fsp3) is 0.222. The van der Waals surface area contributed by atoms with E-state index in [2.05, 4.69) is 21.1 Å². The Balaban J connectivity index is 2.77. The molecule has 0 aromatic heterocycles. The molecule has 0 amide bonds. The summed E-state index contributed by atoms with van der Waals surface area (Å²) in [5.41, 5.74) is 0.942. The van der Waals surface area contributed by atoms with Gasteiger partial charge in [-0.1, -0.05) is 38.8 Å². The van der Waals surface area contributed by atoms with E-state index in [1.165, 1.54) is 0 Å². The molecule has 0 atom stereocenters. The number of hydrogen-bond acceptors (Lipinski definition) is 2. The van der Waals surface area contributed by atoms with E-state index >= 15 is 0 Å². The van der Waals surface area contributed by atoms with Crippen molar-refractivity contribution < 1.29 is 4.84 Å². The normalized spacial score (nSPS) is 10.7. The minimum Gasteiger partial charge on any atom is -0.396 e. The van der Waals surface area contributed by atoms with Gasteiger partial charge < -0.3 is 4.84 Å². The van der Waals surface area contributed by atoms with E-state index in [0.717, 1.165) is 10.0 Å². The van der Waals surface area contributed by atoms with Crippen molar-refractivity contribution in [1.82, 2.24) is 0 Å². The standard InChI is InChI=1S/C9H9BrClNO/c1-2-13-12-6-7-3-4-8(11)5-9(7)10/h3-6H,2H2,1H3/b12-6+. The van der Waals surface area contributed by atoms with Crippen LogP contribution in [-0.4, -0.2) is 12.8 Å². The van der Waals surface area contributed by atoms with Crippen LogP contribution in [0.3, 0.4) is 0 Å². The number of halogens is 2. The van der Waals surface area contributed by atoms with Gasteiger partial charge in [0.2, 0.25) is 0 Å². The van der Waals surface area contributed by atoms with Gasteiger partial charge in [-0.15, -0.1) is 0 Å². The van der Waals surface area contributed by atoms with Crippen molar-refractivity contribution in [3.63, 3.8) is 0 Å². The third-order valence-corrected chi connectivity index (χ3v) is 2.28. The van der Waals surface area contributed by atoms with Gasteiger partial charge in [0.15, 0.2) is 0 Å². The maximum atomic E-state index is 5.77. The van der Waals surface area contributed by atoms with Crippen LogP contribution in [0.15, 0.2) is 27.8 Å². The summed E-state index contributed by atoms with van der Waals surface area (Å²) in [7, 11) is 0. The van der Waals surface area contributed by atoms with Crippen LogP contribution < -0.4 is 0 Å². The predicted molar refractivity (Wildman–Crippen MR) is 58.4 cm³/mol. The molecule has 1 rings (SSSR count). The second kappa shape index (κ2) is 5.25. The van der Waals surface area contributed by atoms with Gasteiger partial charge in [0.25, 0.3) is 0 Å². The zero-order valence-corrected chi connectivity index (χ0v) is 9.47. The molecule has 2 nitrogen and oxygen atoms in total. The van der Waals surface area contributed by atoms with E-state index in [9.17, 15) is 0 Å². The first-order chi connectivity index (χ1) is 6.24. The van der Waals surface area contributed by atoms with Crippen LogP contribution >= 0.6 is 27.5 Å². The Bertz CT molecular complexity index is 314. The Morgan fingerprint density at radius 2 is 2.38 bits per heavy atom. The maximum Gasteiger partial charge on any atom is 0.114 e. The lowest BCUT2D eigenvalue weighted by atomic mass is 10.2. The van der Waals surface area contributed by atoms with E-state index in [4.69, 9.17) is 16.4 Å². The first kappa shape index (κ1) is 10.5. The van der Waals surface area contributed by atoms with Crippen LogP contribution in [0.1, 0.15) is 12.5 Å². The summed E-state index contributed by atoms with van der Waals surface area (Å²) < 4.78 is 0.906. The molecule has 1 aromatic carbocycles. The van der Waals surface area contributed by atoms with Crippen molar-refractivity contribution in [2.24, 2.45) is 5.16 Å². The third kappa shape index (κ3) is 3.36. The SMILES string of the molecule is CCO/N=C/c1ccc(Cl)cc1Br. The minimum absolute atomic E-state index is 0.571. The van der Waals surface area contributed by atoms with Crippen LogP contribution in [0.5, 0.6) is 0 Å². The number of benzene rings is 1. The highest BCUT2D eigenvalue weighted by atomic mass is 79.9. The second-order valence-electron chi connectivity index (χ2n) is 2.32. The molecule has 0 aliphatic rings. The molecule has 0 bridgehead atoms. The lowest BCUT2D eigenvalue weighted by Crippen LogP contribution is -1.85. The first-order valence-corrected chi connectivity index (χ1v) is 5.01. The molecule has 0 saturated heterocycles. The van der Waals surface area contributed by atoms with Crippen molar-refractivity contribution in [3.05, 3.63) is 33.3 Å². The zero-order valence-electron chi connectivity index (χ0n) is 7.13. The molecule has 70 valence electrons. The number of oxime groups is 1. The van der Waals surface area contributed by atoms with Gasteiger partial charge in [0.05, 0.1) is 6.21 Å². The van der Waals surface area contributed by atoms with Gasteiger partial charge in [-0.05, 0) is 19.1 Å². The zero-order chi connectivity index (χ0) is 9.68. The number of nitrogens with zero attached hydrogens (tertiary/aromatic N) is 1. The molecule has 0 aliphatic heterocycles. The topological polar surface area (TPSA) is 21.6 Å². The van der Waals surface area contributed by atoms with Crippen molar-refractivity contribution in [1.29, 1.82) is 0 Å². The van der Waals surface area contributed by atoms with Gasteiger partial charge in [-0.3, -0.25) is 0 Å². The molecule has 0 saturated carbocycles. The van der Waals surface area contributed by atoms with Crippen molar-refractivity contribution in [3.8, 4) is 0 Å². The van der Waals surface area contributed by atoms with Crippen molar-refractivity contribution in [2.45, 2.75) is 6.92 Å². The lowest BCUT2D eigenvalue weighted by molar-refractivity contribution is 0.160. The number of hydrogen-bond donors (Lipinski definition) is 0. The van der Waals surface area contributed by atoms with E-state index < -0.39 is 0 Å². The maximum absolute atomic E-state index is 5.77. The van der Waals surface area contributed by atoms with Gasteiger partial charge in [-0.25, -0.2) is 0 Å².